The molecule has 3 N–H and O–H groups in total. The topological polar surface area (TPSA) is 108 Å². The van der Waals surface area contributed by atoms with Crippen molar-refractivity contribution in [2.75, 3.05) is 5.32 Å². The van der Waals surface area contributed by atoms with Crippen molar-refractivity contribution in [3.63, 3.8) is 0 Å². The molecule has 2 heterocycles. The average Bonchev–Trinajstić information content (AvgIpc) is 2.65. The summed E-state index contributed by atoms with van der Waals surface area (Å²) >= 11 is 0. The fourth-order valence-electron chi connectivity index (χ4n) is 2.99. The molecule has 0 amide bonds. The Balaban J connectivity index is 2.11. The van der Waals surface area contributed by atoms with Gasteiger partial charge in [0.2, 0.25) is 0 Å². The molecular weight excluding hydrogens is 389 g/mol. The number of carbonyl (C=O) groups is 1. The molecule has 0 aliphatic carbocycles. The summed E-state index contributed by atoms with van der Waals surface area (Å²) in [5.74, 6) is -0.941. The number of aromatic carboxylic acids is 1. The molecule has 0 saturated carbocycles. The lowest BCUT2D eigenvalue weighted by Crippen LogP contribution is -2.21. The van der Waals surface area contributed by atoms with Crippen molar-refractivity contribution < 1.29 is 23.1 Å². The molecule has 0 aliphatic rings. The number of pyridine rings is 1. The number of hydrogen-bond donors (Lipinski definition) is 3. The lowest BCUT2D eigenvalue weighted by molar-refractivity contribution is -0.141. The molecule has 0 saturated heterocycles. The first-order valence-electron chi connectivity index (χ1n) is 8.68. The molecule has 10 heteroatoms. The van der Waals surface area contributed by atoms with Gasteiger partial charge in [0.05, 0.1) is 17.0 Å². The number of fused-ring (bicyclic) bond motifs is 1. The minimum absolute atomic E-state index is 0.0416. The number of carboxylic acid groups (broad SMARTS) is 1. The second kappa shape index (κ2) is 7.53. The third-order valence-electron chi connectivity index (χ3n) is 4.37. The van der Waals surface area contributed by atoms with E-state index in [0.29, 0.717) is 5.69 Å². The SMILES string of the molecule is CC[C@H](Nc1ccc(C(=O)O)cc1)c1cc2c(=O)[nH]c(C)nc2nc1C(F)(F)F. The summed E-state index contributed by atoms with van der Waals surface area (Å²) in [4.78, 5) is 33.2. The first-order valence-corrected chi connectivity index (χ1v) is 8.68. The van der Waals surface area contributed by atoms with Gasteiger partial charge in [-0.25, -0.2) is 14.8 Å². The van der Waals surface area contributed by atoms with Crippen molar-refractivity contribution in [1.82, 2.24) is 15.0 Å². The van der Waals surface area contributed by atoms with Crippen molar-refractivity contribution >= 4 is 22.7 Å². The normalized spacial score (nSPS) is 12.7. The molecule has 0 unspecified atom stereocenters. The van der Waals surface area contributed by atoms with Gasteiger partial charge < -0.3 is 15.4 Å². The van der Waals surface area contributed by atoms with E-state index in [1.807, 2.05) is 0 Å². The standard InChI is InChI=1S/C19H17F3N4O3/c1-3-14(25-11-6-4-10(5-7-11)18(28)29)12-8-13-16(23-9(2)24-17(13)27)26-15(12)19(20,21)22/h4-8,14,25H,3H2,1-2H3,(H,28,29)(H,23,24,26,27)/t14-/m0/s1. The van der Waals surface area contributed by atoms with Crippen molar-refractivity contribution in [2.45, 2.75) is 32.5 Å². The highest BCUT2D eigenvalue weighted by Gasteiger charge is 2.38. The number of aromatic amines is 1. The Morgan fingerprint density at radius 2 is 1.90 bits per heavy atom. The van der Waals surface area contributed by atoms with Crippen LogP contribution in [0.4, 0.5) is 18.9 Å². The number of rotatable bonds is 5. The number of hydrogen-bond acceptors (Lipinski definition) is 5. The Kier molecular flexibility index (Phi) is 5.27. The van der Waals surface area contributed by atoms with Gasteiger partial charge in [0.15, 0.2) is 11.3 Å². The van der Waals surface area contributed by atoms with Gasteiger partial charge in [-0.05, 0) is 43.7 Å². The van der Waals surface area contributed by atoms with E-state index >= 15 is 0 Å². The summed E-state index contributed by atoms with van der Waals surface area (Å²) in [6.07, 6.45) is -4.49. The first kappa shape index (κ1) is 20.3. The van der Waals surface area contributed by atoms with Crippen LogP contribution in [0.5, 0.6) is 0 Å². The molecule has 2 aromatic heterocycles. The summed E-state index contributed by atoms with van der Waals surface area (Å²) in [6, 6.07) is 5.95. The van der Waals surface area contributed by atoms with Crippen LogP contribution in [0.3, 0.4) is 0 Å². The largest absolute Gasteiger partial charge is 0.478 e. The molecule has 1 atom stereocenters. The second-order valence-corrected chi connectivity index (χ2v) is 6.43. The molecule has 0 aliphatic heterocycles. The Morgan fingerprint density at radius 3 is 2.45 bits per heavy atom. The van der Waals surface area contributed by atoms with E-state index in [2.05, 4.69) is 20.3 Å². The zero-order valence-electron chi connectivity index (χ0n) is 15.5. The predicted molar refractivity (Wildman–Crippen MR) is 100.0 cm³/mol. The van der Waals surface area contributed by atoms with E-state index < -0.39 is 29.4 Å². The Bertz CT molecular complexity index is 1120. The molecule has 0 spiro atoms. The highest BCUT2D eigenvalue weighted by Crippen LogP contribution is 2.36. The minimum atomic E-state index is -4.75. The zero-order valence-corrected chi connectivity index (χ0v) is 15.5. The molecule has 1 aromatic carbocycles. The molecule has 7 nitrogen and oxygen atoms in total. The summed E-state index contributed by atoms with van der Waals surface area (Å²) in [7, 11) is 0. The monoisotopic (exact) mass is 406 g/mol. The van der Waals surface area contributed by atoms with Gasteiger partial charge in [-0.15, -0.1) is 0 Å². The Hall–Kier alpha value is -3.43. The van der Waals surface area contributed by atoms with Crippen LogP contribution in [0.1, 0.15) is 46.8 Å². The maximum absolute atomic E-state index is 13.7. The van der Waals surface area contributed by atoms with Crippen molar-refractivity contribution in [1.29, 1.82) is 0 Å². The fraction of sp³-hybridized carbons (Fsp3) is 0.263. The lowest BCUT2D eigenvalue weighted by atomic mass is 10.00. The number of aryl methyl sites for hydroxylation is 1. The van der Waals surface area contributed by atoms with E-state index in [9.17, 15) is 22.8 Å². The van der Waals surface area contributed by atoms with Crippen LogP contribution in [-0.2, 0) is 6.18 Å². The summed E-state index contributed by atoms with van der Waals surface area (Å²) in [5, 5.41) is 11.9. The van der Waals surface area contributed by atoms with Crippen molar-refractivity contribution in [2.24, 2.45) is 0 Å². The van der Waals surface area contributed by atoms with Crippen LogP contribution in [0, 0.1) is 6.92 Å². The Morgan fingerprint density at radius 1 is 1.24 bits per heavy atom. The van der Waals surface area contributed by atoms with Crippen molar-refractivity contribution in [3.05, 3.63) is 63.3 Å². The number of carboxylic acids is 1. The number of anilines is 1. The average molecular weight is 406 g/mol. The van der Waals surface area contributed by atoms with Crippen LogP contribution in [0.25, 0.3) is 11.0 Å². The minimum Gasteiger partial charge on any atom is -0.478 e. The molecule has 0 fully saturated rings. The summed E-state index contributed by atoms with van der Waals surface area (Å²) in [5.41, 5.74) is -1.67. The number of halogens is 3. The fourth-order valence-corrected chi connectivity index (χ4v) is 2.99. The van der Waals surface area contributed by atoms with E-state index in [4.69, 9.17) is 5.11 Å². The molecule has 0 radical (unpaired) electrons. The molecule has 0 bridgehead atoms. The maximum Gasteiger partial charge on any atom is 0.433 e. The lowest BCUT2D eigenvalue weighted by Gasteiger charge is -2.22. The number of alkyl halides is 3. The molecular formula is C19H17F3N4O3. The predicted octanol–water partition coefficient (Wildman–Crippen LogP) is 3.91. The molecule has 29 heavy (non-hydrogen) atoms. The molecule has 152 valence electrons. The van der Waals surface area contributed by atoms with E-state index in [1.54, 1.807) is 6.92 Å². The number of nitrogens with one attached hydrogen (secondary N) is 2. The van der Waals surface area contributed by atoms with Gasteiger partial charge in [0, 0.05) is 11.3 Å². The first-order chi connectivity index (χ1) is 13.6. The van der Waals surface area contributed by atoms with Crippen molar-refractivity contribution in [3.8, 4) is 0 Å². The van der Waals surface area contributed by atoms with E-state index in [-0.39, 0.29) is 34.4 Å². The maximum atomic E-state index is 13.7. The quantitative estimate of drug-likeness (QED) is 0.593. The third kappa shape index (κ3) is 4.20. The van der Waals surface area contributed by atoms with Gasteiger partial charge in [-0.1, -0.05) is 6.92 Å². The van der Waals surface area contributed by atoms with Crippen LogP contribution < -0.4 is 10.9 Å². The summed E-state index contributed by atoms with van der Waals surface area (Å²) < 4.78 is 41.1. The van der Waals surface area contributed by atoms with Gasteiger partial charge in [-0.3, -0.25) is 4.79 Å². The number of H-pyrrole nitrogens is 1. The van der Waals surface area contributed by atoms with Crippen LogP contribution in [0.2, 0.25) is 0 Å². The second-order valence-electron chi connectivity index (χ2n) is 6.43. The summed E-state index contributed by atoms with van der Waals surface area (Å²) in [6.45, 7) is 3.14. The van der Waals surface area contributed by atoms with Gasteiger partial charge >= 0.3 is 12.1 Å². The third-order valence-corrected chi connectivity index (χ3v) is 4.37. The highest BCUT2D eigenvalue weighted by molar-refractivity contribution is 5.88. The Labute approximate surface area is 162 Å². The highest BCUT2D eigenvalue weighted by atomic mass is 19.4. The van der Waals surface area contributed by atoms with E-state index in [0.717, 1.165) is 6.07 Å². The number of benzene rings is 1. The van der Waals surface area contributed by atoms with Gasteiger partial charge in [0.1, 0.15) is 5.82 Å². The molecule has 3 aromatic rings. The smallest absolute Gasteiger partial charge is 0.433 e. The number of aromatic nitrogens is 3. The van der Waals surface area contributed by atoms with Gasteiger partial charge in [0.25, 0.3) is 5.56 Å². The van der Waals surface area contributed by atoms with Crippen LogP contribution in [0.15, 0.2) is 35.1 Å². The van der Waals surface area contributed by atoms with E-state index in [1.165, 1.54) is 31.2 Å². The molecule has 3 rings (SSSR count). The van der Waals surface area contributed by atoms with Gasteiger partial charge in [-0.2, -0.15) is 13.2 Å². The van der Waals surface area contributed by atoms with Crippen LogP contribution >= 0.6 is 0 Å². The zero-order chi connectivity index (χ0) is 21.3. The van der Waals surface area contributed by atoms with Crippen LogP contribution in [-0.4, -0.2) is 26.0 Å². The number of nitrogens with zero attached hydrogens (tertiary/aromatic N) is 2.